The predicted octanol–water partition coefficient (Wildman–Crippen LogP) is 10.3. The van der Waals surface area contributed by atoms with Crippen molar-refractivity contribution in [1.82, 2.24) is 0 Å². The fraction of sp³-hybridized carbons (Fsp3) is 0.219. The van der Waals surface area contributed by atoms with Gasteiger partial charge in [-0.2, -0.15) is 0 Å². The highest BCUT2D eigenvalue weighted by Gasteiger charge is 2.43. The van der Waals surface area contributed by atoms with Crippen molar-refractivity contribution in [1.29, 1.82) is 0 Å². The fourth-order valence-corrected chi connectivity index (χ4v) is 6.84. The van der Waals surface area contributed by atoms with Gasteiger partial charge in [0.2, 0.25) is 0 Å². The van der Waals surface area contributed by atoms with Gasteiger partial charge in [0, 0.05) is 54.4 Å². The molecule has 0 aliphatic heterocycles. The van der Waals surface area contributed by atoms with Gasteiger partial charge >= 0.3 is 0 Å². The number of nitrogens with one attached hydrogen (secondary N) is 2. The van der Waals surface area contributed by atoms with Crippen molar-refractivity contribution in [3.8, 4) is 0 Å². The summed E-state index contributed by atoms with van der Waals surface area (Å²) in [7, 11) is 0. The zero-order valence-electron chi connectivity index (χ0n) is 21.1. The van der Waals surface area contributed by atoms with Gasteiger partial charge in [-0.15, -0.1) is 0 Å². The van der Waals surface area contributed by atoms with Gasteiger partial charge < -0.3 is 10.6 Å². The van der Waals surface area contributed by atoms with Crippen LogP contribution in [0.2, 0.25) is 20.1 Å². The third-order valence-corrected chi connectivity index (χ3v) is 8.70. The summed E-state index contributed by atoms with van der Waals surface area (Å²) >= 11 is 26.9. The monoisotopic (exact) mass is 596 g/mol. The molecule has 1 fully saturated rings. The van der Waals surface area contributed by atoms with E-state index in [1.54, 1.807) is 0 Å². The van der Waals surface area contributed by atoms with Gasteiger partial charge in [-0.05, 0) is 61.4 Å². The first-order valence-corrected chi connectivity index (χ1v) is 14.5. The van der Waals surface area contributed by atoms with Crippen LogP contribution in [0, 0.1) is 11.8 Å². The van der Waals surface area contributed by atoms with E-state index < -0.39 is 12.1 Å². The summed E-state index contributed by atoms with van der Waals surface area (Å²) in [5.74, 6) is -0.625. The summed E-state index contributed by atoms with van der Waals surface area (Å²) in [6, 6.07) is 29.7. The first kappa shape index (κ1) is 27.9. The molecule has 4 aromatic carbocycles. The van der Waals surface area contributed by atoms with Gasteiger partial charge in [0.1, 0.15) is 5.78 Å². The number of halogens is 4. The van der Waals surface area contributed by atoms with E-state index in [1.807, 2.05) is 97.1 Å². The van der Waals surface area contributed by atoms with Crippen molar-refractivity contribution in [3.63, 3.8) is 0 Å². The Morgan fingerprint density at radius 2 is 0.897 bits per heavy atom. The van der Waals surface area contributed by atoms with Gasteiger partial charge in [-0.3, -0.25) is 4.79 Å². The minimum absolute atomic E-state index is 0.120. The molecule has 4 unspecified atom stereocenters. The molecular formula is C32H28Cl4N2O. The van der Waals surface area contributed by atoms with Crippen LogP contribution in [-0.2, 0) is 4.79 Å². The minimum Gasteiger partial charge on any atom is -0.377 e. The van der Waals surface area contributed by atoms with E-state index in [-0.39, 0.29) is 17.6 Å². The van der Waals surface area contributed by atoms with E-state index in [2.05, 4.69) is 10.6 Å². The lowest BCUT2D eigenvalue weighted by atomic mass is 9.71. The highest BCUT2D eigenvalue weighted by molar-refractivity contribution is 6.36. The second-order valence-electron chi connectivity index (χ2n) is 9.79. The van der Waals surface area contributed by atoms with E-state index in [4.69, 9.17) is 46.4 Å². The number of carbonyl (C=O) groups is 1. The molecule has 5 rings (SSSR count). The van der Waals surface area contributed by atoms with Crippen molar-refractivity contribution in [2.24, 2.45) is 11.8 Å². The summed E-state index contributed by atoms with van der Waals surface area (Å²) in [5.41, 5.74) is 3.24. The van der Waals surface area contributed by atoms with Crippen LogP contribution >= 0.6 is 46.4 Å². The van der Waals surface area contributed by atoms with Crippen LogP contribution in [0.3, 0.4) is 0 Å². The molecule has 1 aliphatic rings. The highest BCUT2D eigenvalue weighted by atomic mass is 35.5. The molecule has 39 heavy (non-hydrogen) atoms. The molecule has 1 saturated carbocycles. The maximum atomic E-state index is 14.5. The Hall–Kier alpha value is -2.69. The van der Waals surface area contributed by atoms with Gasteiger partial charge in [-0.25, -0.2) is 0 Å². The van der Waals surface area contributed by atoms with Crippen LogP contribution in [0.4, 0.5) is 11.4 Å². The number of hydrogen-bond acceptors (Lipinski definition) is 3. The normalized spacial score (nSPS) is 18.8. The van der Waals surface area contributed by atoms with Crippen molar-refractivity contribution in [2.75, 3.05) is 10.6 Å². The Bertz CT molecular complexity index is 1280. The summed E-state index contributed by atoms with van der Waals surface area (Å²) in [5, 5.41) is 9.28. The number of anilines is 2. The quantitative estimate of drug-likeness (QED) is 0.212. The molecule has 0 bridgehead atoms. The third kappa shape index (κ3) is 6.23. The van der Waals surface area contributed by atoms with Gasteiger partial charge in [0.25, 0.3) is 0 Å². The molecule has 0 heterocycles. The summed E-state index contributed by atoms with van der Waals surface area (Å²) in [6.45, 7) is 0. The van der Waals surface area contributed by atoms with E-state index in [9.17, 15) is 4.79 Å². The van der Waals surface area contributed by atoms with Gasteiger partial charge in [0.15, 0.2) is 0 Å². The molecular weight excluding hydrogens is 570 g/mol. The molecule has 4 atom stereocenters. The standard InChI is InChI=1S/C32H28Cl4N2O/c33-24-16-8-17-25(34)28(24)30(37-20-10-3-1-4-11-20)22-14-7-15-23(32(22)39)31(38-21-12-5-2-6-13-21)29-26(35)18-9-19-27(29)36/h1-6,8-13,16-19,22-23,30-31,37-38H,7,14-15H2. The van der Waals surface area contributed by atoms with Crippen molar-refractivity contribution in [3.05, 3.63) is 128 Å². The minimum atomic E-state index is -0.414. The Labute approximate surface area is 249 Å². The predicted molar refractivity (Wildman–Crippen MR) is 164 cm³/mol. The molecule has 0 radical (unpaired) electrons. The average Bonchev–Trinajstić information content (AvgIpc) is 2.93. The number of rotatable bonds is 8. The van der Waals surface area contributed by atoms with Crippen LogP contribution in [0.15, 0.2) is 97.1 Å². The van der Waals surface area contributed by atoms with E-state index in [0.717, 1.165) is 28.9 Å². The van der Waals surface area contributed by atoms with Gasteiger partial charge in [0.05, 0.1) is 12.1 Å². The Morgan fingerprint density at radius 1 is 0.538 bits per heavy atom. The molecule has 4 aromatic rings. The maximum absolute atomic E-state index is 14.5. The topological polar surface area (TPSA) is 41.1 Å². The number of ketones is 1. The van der Waals surface area contributed by atoms with Crippen molar-refractivity contribution in [2.45, 2.75) is 31.3 Å². The lowest BCUT2D eigenvalue weighted by Crippen LogP contribution is -2.40. The first-order chi connectivity index (χ1) is 18.9. The molecule has 3 nitrogen and oxygen atoms in total. The fourth-order valence-electron chi connectivity index (χ4n) is 5.57. The van der Waals surface area contributed by atoms with Crippen LogP contribution in [0.5, 0.6) is 0 Å². The number of para-hydroxylation sites is 2. The van der Waals surface area contributed by atoms with Crippen LogP contribution in [0.25, 0.3) is 0 Å². The van der Waals surface area contributed by atoms with E-state index in [1.165, 1.54) is 0 Å². The SMILES string of the molecule is O=C1C(C(Nc2ccccc2)c2c(Cl)cccc2Cl)CCCC1C(Nc1ccccc1)c1c(Cl)cccc1Cl. The smallest absolute Gasteiger partial charge is 0.143 e. The molecule has 200 valence electrons. The third-order valence-electron chi connectivity index (χ3n) is 7.38. The number of hydrogen-bond donors (Lipinski definition) is 2. The molecule has 0 amide bonds. The summed E-state index contributed by atoms with van der Waals surface area (Å²) in [4.78, 5) is 14.5. The molecule has 7 heteroatoms. The number of Topliss-reactive ketones (excluding diaryl/α,β-unsaturated/α-hetero) is 1. The zero-order chi connectivity index (χ0) is 27.4. The molecule has 1 aliphatic carbocycles. The Balaban J connectivity index is 1.56. The second kappa shape index (κ2) is 12.7. The first-order valence-electron chi connectivity index (χ1n) is 13.0. The summed E-state index contributed by atoms with van der Waals surface area (Å²) < 4.78 is 0. The van der Waals surface area contributed by atoms with Crippen molar-refractivity contribution >= 4 is 63.6 Å². The van der Waals surface area contributed by atoms with Crippen LogP contribution < -0.4 is 10.6 Å². The van der Waals surface area contributed by atoms with E-state index >= 15 is 0 Å². The maximum Gasteiger partial charge on any atom is 0.143 e. The molecule has 0 spiro atoms. The van der Waals surface area contributed by atoms with Crippen LogP contribution in [0.1, 0.15) is 42.5 Å². The van der Waals surface area contributed by atoms with Crippen LogP contribution in [-0.4, -0.2) is 5.78 Å². The molecule has 0 aromatic heterocycles. The Kier molecular flexibility index (Phi) is 9.04. The zero-order valence-corrected chi connectivity index (χ0v) is 24.1. The van der Waals surface area contributed by atoms with E-state index in [0.29, 0.717) is 32.9 Å². The lowest BCUT2D eigenvalue weighted by Gasteiger charge is -2.39. The highest BCUT2D eigenvalue weighted by Crippen LogP contribution is 2.47. The average molecular weight is 598 g/mol. The van der Waals surface area contributed by atoms with Crippen molar-refractivity contribution < 1.29 is 4.79 Å². The number of carbonyl (C=O) groups excluding carboxylic acids is 1. The van der Waals surface area contributed by atoms with Gasteiger partial charge in [-0.1, -0.05) is 101 Å². The number of benzene rings is 4. The molecule has 2 N–H and O–H groups in total. The molecule has 0 saturated heterocycles. The Morgan fingerprint density at radius 3 is 1.26 bits per heavy atom. The lowest BCUT2D eigenvalue weighted by molar-refractivity contribution is -0.130. The summed E-state index contributed by atoms with van der Waals surface area (Å²) in [6.07, 6.45) is 2.26. The second-order valence-corrected chi connectivity index (χ2v) is 11.4. The largest absolute Gasteiger partial charge is 0.377 e.